The predicted octanol–water partition coefficient (Wildman–Crippen LogP) is 4.25. The number of carbonyl (C=O) groups excluding carboxylic acids is 1. The molecule has 0 saturated carbocycles. The number of hydrogen-bond donors (Lipinski definition) is 1. The smallest absolute Gasteiger partial charge is 0.262 e. The van der Waals surface area contributed by atoms with E-state index in [2.05, 4.69) is 18.3 Å². The molecule has 2 aromatic rings. The minimum atomic E-state index is -0.147. The third-order valence-electron chi connectivity index (χ3n) is 4.03. The van der Waals surface area contributed by atoms with Gasteiger partial charge < -0.3 is 10.1 Å². The molecule has 2 rings (SSSR count). The van der Waals surface area contributed by atoms with Crippen LogP contribution in [0.1, 0.15) is 27.8 Å². The monoisotopic (exact) mass is 297 g/mol. The summed E-state index contributed by atoms with van der Waals surface area (Å²) in [6.45, 7) is 10.1. The summed E-state index contributed by atoms with van der Waals surface area (Å²) in [4.78, 5) is 12.1. The van der Waals surface area contributed by atoms with Gasteiger partial charge in [0.25, 0.3) is 5.91 Å². The van der Waals surface area contributed by atoms with Crippen molar-refractivity contribution in [1.29, 1.82) is 0 Å². The lowest BCUT2D eigenvalue weighted by molar-refractivity contribution is -0.118. The molecule has 0 bridgehead atoms. The highest BCUT2D eigenvalue weighted by molar-refractivity contribution is 5.92. The molecule has 2 aromatic carbocycles. The number of carbonyl (C=O) groups is 1. The van der Waals surface area contributed by atoms with Gasteiger partial charge in [0.2, 0.25) is 0 Å². The van der Waals surface area contributed by atoms with Crippen LogP contribution in [-0.4, -0.2) is 12.5 Å². The van der Waals surface area contributed by atoms with E-state index < -0.39 is 0 Å². The molecule has 0 aliphatic heterocycles. The minimum absolute atomic E-state index is 0.0106. The van der Waals surface area contributed by atoms with E-state index in [9.17, 15) is 4.79 Å². The van der Waals surface area contributed by atoms with Crippen molar-refractivity contribution in [2.45, 2.75) is 34.6 Å². The average molecular weight is 297 g/mol. The maximum Gasteiger partial charge on any atom is 0.262 e. The molecule has 1 amide bonds. The fourth-order valence-corrected chi connectivity index (χ4v) is 2.31. The van der Waals surface area contributed by atoms with Crippen LogP contribution < -0.4 is 10.1 Å². The maximum atomic E-state index is 12.1. The summed E-state index contributed by atoms with van der Waals surface area (Å²) in [6, 6.07) is 9.93. The molecule has 116 valence electrons. The van der Waals surface area contributed by atoms with E-state index in [4.69, 9.17) is 4.74 Å². The molecule has 0 heterocycles. The summed E-state index contributed by atoms with van der Waals surface area (Å²) in [5, 5.41) is 2.90. The standard InChI is InChI=1S/C19H23NO2/c1-12-7-6-8-17(16(12)5)20-19(21)11-22-18-10-14(3)13(2)9-15(18)4/h6-10H,11H2,1-5H3,(H,20,21). The molecule has 0 aliphatic rings. The van der Waals surface area contributed by atoms with Gasteiger partial charge in [-0.05, 0) is 74.6 Å². The molecule has 0 radical (unpaired) electrons. The Balaban J connectivity index is 2.02. The Kier molecular flexibility index (Phi) is 4.86. The Morgan fingerprint density at radius 1 is 0.955 bits per heavy atom. The van der Waals surface area contributed by atoms with Crippen LogP contribution in [0.2, 0.25) is 0 Å². The molecule has 0 aromatic heterocycles. The van der Waals surface area contributed by atoms with Gasteiger partial charge in [-0.3, -0.25) is 4.79 Å². The number of rotatable bonds is 4. The summed E-state index contributed by atoms with van der Waals surface area (Å²) in [7, 11) is 0. The number of amides is 1. The quantitative estimate of drug-likeness (QED) is 0.916. The summed E-state index contributed by atoms with van der Waals surface area (Å²) in [5.74, 6) is 0.616. The normalized spacial score (nSPS) is 10.4. The zero-order chi connectivity index (χ0) is 16.3. The second-order valence-electron chi connectivity index (χ2n) is 5.79. The Morgan fingerprint density at radius 2 is 1.64 bits per heavy atom. The zero-order valence-corrected chi connectivity index (χ0v) is 13.9. The molecular formula is C19H23NO2. The van der Waals surface area contributed by atoms with E-state index in [1.54, 1.807) is 0 Å². The summed E-state index contributed by atoms with van der Waals surface area (Å²) in [5.41, 5.74) is 6.51. The van der Waals surface area contributed by atoms with Crippen LogP contribution in [0.3, 0.4) is 0 Å². The van der Waals surface area contributed by atoms with E-state index in [0.717, 1.165) is 33.7 Å². The molecule has 0 fully saturated rings. The summed E-state index contributed by atoms with van der Waals surface area (Å²) >= 11 is 0. The maximum absolute atomic E-state index is 12.1. The fraction of sp³-hybridized carbons (Fsp3) is 0.316. The van der Waals surface area contributed by atoms with E-state index >= 15 is 0 Å². The minimum Gasteiger partial charge on any atom is -0.483 e. The van der Waals surface area contributed by atoms with E-state index in [1.807, 2.05) is 52.0 Å². The number of ether oxygens (including phenoxy) is 1. The lowest BCUT2D eigenvalue weighted by Gasteiger charge is -2.13. The number of benzene rings is 2. The summed E-state index contributed by atoms with van der Waals surface area (Å²) in [6.07, 6.45) is 0. The molecule has 0 atom stereocenters. The predicted molar refractivity (Wildman–Crippen MR) is 90.7 cm³/mol. The first-order valence-corrected chi connectivity index (χ1v) is 7.45. The van der Waals surface area contributed by atoms with Gasteiger partial charge in [-0.25, -0.2) is 0 Å². The second kappa shape index (κ2) is 6.65. The van der Waals surface area contributed by atoms with Crippen LogP contribution in [0, 0.1) is 34.6 Å². The van der Waals surface area contributed by atoms with Crippen LogP contribution >= 0.6 is 0 Å². The van der Waals surface area contributed by atoms with Crippen molar-refractivity contribution in [2.75, 3.05) is 11.9 Å². The molecule has 3 nitrogen and oxygen atoms in total. The van der Waals surface area contributed by atoms with Crippen molar-refractivity contribution in [2.24, 2.45) is 0 Å². The van der Waals surface area contributed by atoms with E-state index in [-0.39, 0.29) is 12.5 Å². The molecule has 0 unspecified atom stereocenters. The number of hydrogen-bond acceptors (Lipinski definition) is 2. The third kappa shape index (κ3) is 3.67. The molecular weight excluding hydrogens is 274 g/mol. The third-order valence-corrected chi connectivity index (χ3v) is 4.03. The van der Waals surface area contributed by atoms with Crippen molar-refractivity contribution in [3.05, 3.63) is 58.1 Å². The Hall–Kier alpha value is -2.29. The Bertz CT molecular complexity index is 705. The number of nitrogens with one attached hydrogen (secondary N) is 1. The second-order valence-corrected chi connectivity index (χ2v) is 5.79. The Labute approximate surface area is 132 Å². The van der Waals surface area contributed by atoms with Crippen LogP contribution in [0.15, 0.2) is 30.3 Å². The van der Waals surface area contributed by atoms with Crippen LogP contribution in [0.25, 0.3) is 0 Å². The van der Waals surface area contributed by atoms with Gasteiger partial charge in [0.05, 0.1) is 0 Å². The molecule has 0 aliphatic carbocycles. The van der Waals surface area contributed by atoms with Gasteiger partial charge in [0.1, 0.15) is 5.75 Å². The van der Waals surface area contributed by atoms with Crippen molar-refractivity contribution in [1.82, 2.24) is 0 Å². The van der Waals surface area contributed by atoms with Crippen LogP contribution in [0.5, 0.6) is 5.75 Å². The highest BCUT2D eigenvalue weighted by Gasteiger charge is 2.09. The van der Waals surface area contributed by atoms with Crippen molar-refractivity contribution < 1.29 is 9.53 Å². The SMILES string of the molecule is Cc1cc(C)c(OCC(=O)Nc2cccc(C)c2C)cc1C. The molecule has 0 saturated heterocycles. The highest BCUT2D eigenvalue weighted by Crippen LogP contribution is 2.22. The highest BCUT2D eigenvalue weighted by atomic mass is 16.5. The van der Waals surface area contributed by atoms with Crippen molar-refractivity contribution in [3.63, 3.8) is 0 Å². The fourth-order valence-electron chi connectivity index (χ4n) is 2.31. The van der Waals surface area contributed by atoms with Gasteiger partial charge >= 0.3 is 0 Å². The first kappa shape index (κ1) is 16.1. The first-order chi connectivity index (χ1) is 10.4. The van der Waals surface area contributed by atoms with Crippen molar-refractivity contribution >= 4 is 11.6 Å². The van der Waals surface area contributed by atoms with Gasteiger partial charge in [0.15, 0.2) is 6.61 Å². The largest absolute Gasteiger partial charge is 0.483 e. The van der Waals surface area contributed by atoms with Gasteiger partial charge in [-0.1, -0.05) is 18.2 Å². The number of aryl methyl sites for hydroxylation is 4. The zero-order valence-electron chi connectivity index (χ0n) is 13.9. The van der Waals surface area contributed by atoms with Gasteiger partial charge in [-0.2, -0.15) is 0 Å². The number of anilines is 1. The van der Waals surface area contributed by atoms with Crippen LogP contribution in [-0.2, 0) is 4.79 Å². The molecule has 1 N–H and O–H groups in total. The van der Waals surface area contributed by atoms with E-state index in [0.29, 0.717) is 0 Å². The topological polar surface area (TPSA) is 38.3 Å². The van der Waals surface area contributed by atoms with Crippen LogP contribution in [0.4, 0.5) is 5.69 Å². The Morgan fingerprint density at radius 3 is 2.36 bits per heavy atom. The van der Waals surface area contributed by atoms with Gasteiger partial charge in [-0.15, -0.1) is 0 Å². The van der Waals surface area contributed by atoms with Gasteiger partial charge in [0, 0.05) is 5.69 Å². The van der Waals surface area contributed by atoms with E-state index in [1.165, 1.54) is 5.56 Å². The average Bonchev–Trinajstić information content (AvgIpc) is 2.46. The molecule has 3 heteroatoms. The summed E-state index contributed by atoms with van der Waals surface area (Å²) < 4.78 is 5.66. The molecule has 22 heavy (non-hydrogen) atoms. The van der Waals surface area contributed by atoms with Crippen molar-refractivity contribution in [3.8, 4) is 5.75 Å². The lowest BCUT2D eigenvalue weighted by atomic mass is 10.1. The lowest BCUT2D eigenvalue weighted by Crippen LogP contribution is -2.21. The molecule has 0 spiro atoms. The first-order valence-electron chi connectivity index (χ1n) is 7.45.